The van der Waals surface area contributed by atoms with Gasteiger partial charge in [-0.3, -0.25) is 0 Å². The second kappa shape index (κ2) is 6.81. The van der Waals surface area contributed by atoms with Gasteiger partial charge < -0.3 is 5.11 Å². The molecule has 2 fully saturated rings. The van der Waals surface area contributed by atoms with Crippen LogP contribution in [0.1, 0.15) is 71.6 Å². The van der Waals surface area contributed by atoms with E-state index in [0.29, 0.717) is 11.3 Å². The Morgan fingerprint density at radius 2 is 2.13 bits per heavy atom. The zero-order chi connectivity index (χ0) is 16.4. The molecule has 2 saturated carbocycles. The van der Waals surface area contributed by atoms with Gasteiger partial charge in [-0.25, -0.2) is 0 Å². The summed E-state index contributed by atoms with van der Waals surface area (Å²) < 4.78 is 0. The monoisotopic (exact) mass is 312 g/mol. The minimum atomic E-state index is -0.325. The number of hydrogen-bond donors (Lipinski definition) is 1. The van der Waals surface area contributed by atoms with Gasteiger partial charge in [0.25, 0.3) is 0 Å². The van der Waals surface area contributed by atoms with Gasteiger partial charge in [0, 0.05) is 0 Å². The van der Waals surface area contributed by atoms with E-state index in [0.717, 1.165) is 24.8 Å². The van der Waals surface area contributed by atoms with E-state index in [1.807, 2.05) is 0 Å². The highest BCUT2D eigenvalue weighted by molar-refractivity contribution is 5.39. The fourth-order valence-corrected chi connectivity index (χ4v) is 5.00. The van der Waals surface area contributed by atoms with Crippen LogP contribution in [-0.4, -0.2) is 11.2 Å². The summed E-state index contributed by atoms with van der Waals surface area (Å²) in [6.45, 7) is 8.89. The number of rotatable bonds is 3. The fraction of sp³-hybridized carbons (Fsp3) is 0.636. The Bertz CT molecular complexity index is 563. The van der Waals surface area contributed by atoms with Crippen molar-refractivity contribution in [2.24, 2.45) is 11.3 Å². The predicted molar refractivity (Wildman–Crippen MR) is 98.2 cm³/mol. The molecule has 0 saturated heterocycles. The fourth-order valence-electron chi connectivity index (χ4n) is 5.00. The van der Waals surface area contributed by atoms with Gasteiger partial charge in [-0.1, -0.05) is 56.2 Å². The molecule has 3 rings (SSSR count). The zero-order valence-electron chi connectivity index (χ0n) is 14.9. The largest absolute Gasteiger partial charge is 0.388 e. The molecule has 0 aliphatic heterocycles. The van der Waals surface area contributed by atoms with Crippen LogP contribution in [0.5, 0.6) is 0 Å². The van der Waals surface area contributed by atoms with Crippen LogP contribution >= 0.6 is 0 Å². The highest BCUT2D eigenvalue weighted by Crippen LogP contribution is 2.55. The summed E-state index contributed by atoms with van der Waals surface area (Å²) in [5.41, 5.74) is 5.95. The molecule has 1 unspecified atom stereocenters. The molecule has 1 nitrogen and oxygen atoms in total. The lowest BCUT2D eigenvalue weighted by Gasteiger charge is -2.41. The number of aliphatic hydroxyl groups excluding tert-OH is 1. The Kier molecular flexibility index (Phi) is 4.96. The average Bonchev–Trinajstić information content (AvgIpc) is 2.86. The van der Waals surface area contributed by atoms with Crippen LogP contribution in [0, 0.1) is 11.3 Å². The lowest BCUT2D eigenvalue weighted by Crippen LogP contribution is -2.30. The van der Waals surface area contributed by atoms with Crippen LogP contribution in [0.2, 0.25) is 0 Å². The van der Waals surface area contributed by atoms with Crippen LogP contribution in [0.15, 0.2) is 47.1 Å². The Morgan fingerprint density at radius 3 is 2.91 bits per heavy atom. The number of aliphatic hydroxyl groups is 1. The smallest absolute Gasteiger partial charge is 0.0787 e. The van der Waals surface area contributed by atoms with Gasteiger partial charge >= 0.3 is 0 Å². The predicted octanol–water partition coefficient (Wildman–Crippen LogP) is 5.88. The molecule has 0 radical (unpaired) electrons. The van der Waals surface area contributed by atoms with E-state index in [1.165, 1.54) is 44.1 Å². The van der Waals surface area contributed by atoms with Crippen LogP contribution < -0.4 is 0 Å². The van der Waals surface area contributed by atoms with Crippen molar-refractivity contribution in [3.05, 3.63) is 47.1 Å². The van der Waals surface area contributed by atoms with E-state index in [-0.39, 0.29) is 6.10 Å². The molecule has 1 N–H and O–H groups in total. The Morgan fingerprint density at radius 1 is 1.30 bits per heavy atom. The number of allylic oxidation sites excluding steroid dienone is 5. The molecule has 0 aromatic heterocycles. The van der Waals surface area contributed by atoms with Crippen molar-refractivity contribution in [2.75, 3.05) is 0 Å². The lowest BCUT2D eigenvalue weighted by atomic mass is 9.63. The van der Waals surface area contributed by atoms with Crippen LogP contribution in [0.25, 0.3) is 0 Å². The molecule has 1 heteroatoms. The van der Waals surface area contributed by atoms with E-state index in [2.05, 4.69) is 38.7 Å². The molecular formula is C22H32O. The van der Waals surface area contributed by atoms with Gasteiger partial charge in [0.15, 0.2) is 0 Å². The molecule has 0 aromatic carbocycles. The maximum atomic E-state index is 10.0. The summed E-state index contributed by atoms with van der Waals surface area (Å²) in [4.78, 5) is 0. The first kappa shape index (κ1) is 16.8. The van der Waals surface area contributed by atoms with Gasteiger partial charge in [-0.05, 0) is 73.8 Å². The zero-order valence-corrected chi connectivity index (χ0v) is 14.9. The maximum absolute atomic E-state index is 10.0. The first-order chi connectivity index (χ1) is 11.1. The summed E-state index contributed by atoms with van der Waals surface area (Å²) in [5.74, 6) is 0.705. The average molecular weight is 312 g/mol. The molecule has 3 aliphatic rings. The third-order valence-electron chi connectivity index (χ3n) is 6.47. The van der Waals surface area contributed by atoms with Crippen molar-refractivity contribution < 1.29 is 5.11 Å². The van der Waals surface area contributed by atoms with Crippen molar-refractivity contribution in [2.45, 2.75) is 77.7 Å². The summed E-state index contributed by atoms with van der Waals surface area (Å²) in [5, 5.41) is 10.0. The van der Waals surface area contributed by atoms with Crippen molar-refractivity contribution in [3.8, 4) is 0 Å². The van der Waals surface area contributed by atoms with Crippen LogP contribution in [0.3, 0.4) is 0 Å². The van der Waals surface area contributed by atoms with Crippen LogP contribution in [-0.2, 0) is 0 Å². The highest BCUT2D eigenvalue weighted by Gasteiger charge is 2.43. The van der Waals surface area contributed by atoms with Crippen molar-refractivity contribution in [1.82, 2.24) is 0 Å². The van der Waals surface area contributed by atoms with Crippen molar-refractivity contribution in [3.63, 3.8) is 0 Å². The van der Waals surface area contributed by atoms with E-state index in [9.17, 15) is 5.11 Å². The van der Waals surface area contributed by atoms with Crippen LogP contribution in [0.4, 0.5) is 0 Å². The molecule has 3 aliphatic carbocycles. The first-order valence-corrected chi connectivity index (χ1v) is 9.52. The molecule has 3 atom stereocenters. The summed E-state index contributed by atoms with van der Waals surface area (Å²) >= 11 is 0. The molecule has 23 heavy (non-hydrogen) atoms. The standard InChI is InChI=1S/C22H32O/c1-4-7-19-13-14-20-18(9-6-15-22(19,20)3)12-11-17-8-5-10-21(23)16(17)2/h11-13,20-21,23H,2,4-10,14-15H2,1,3H3/b17-11-,18-12+/t20?,21-,22+/m0/s1. The van der Waals surface area contributed by atoms with E-state index >= 15 is 0 Å². The normalized spacial score (nSPS) is 38.0. The number of fused-ring (bicyclic) bond motifs is 1. The van der Waals surface area contributed by atoms with Crippen molar-refractivity contribution in [1.29, 1.82) is 0 Å². The topological polar surface area (TPSA) is 20.2 Å². The second-order valence-electron chi connectivity index (χ2n) is 7.91. The Labute approximate surface area is 141 Å². The minimum Gasteiger partial charge on any atom is -0.388 e. The SMILES string of the molecule is C=C1/C(=C\C=C2/CCC[C@]3(C)C(CCC)=CCC23)CCC[C@@H]1O. The minimum absolute atomic E-state index is 0.325. The van der Waals surface area contributed by atoms with E-state index in [4.69, 9.17) is 0 Å². The van der Waals surface area contributed by atoms with E-state index in [1.54, 1.807) is 11.1 Å². The van der Waals surface area contributed by atoms with Gasteiger partial charge in [-0.2, -0.15) is 0 Å². The van der Waals surface area contributed by atoms with E-state index < -0.39 is 0 Å². The third kappa shape index (κ3) is 3.13. The van der Waals surface area contributed by atoms with Gasteiger partial charge in [0.1, 0.15) is 0 Å². The highest BCUT2D eigenvalue weighted by atomic mass is 16.3. The molecule has 0 bridgehead atoms. The summed E-state index contributed by atoms with van der Waals surface area (Å²) in [6, 6.07) is 0. The Balaban J connectivity index is 1.80. The quantitative estimate of drug-likeness (QED) is 0.645. The van der Waals surface area contributed by atoms with Gasteiger partial charge in [0.05, 0.1) is 6.10 Å². The third-order valence-corrected chi connectivity index (χ3v) is 6.47. The first-order valence-electron chi connectivity index (χ1n) is 9.52. The lowest BCUT2D eigenvalue weighted by molar-refractivity contribution is 0.191. The molecule has 0 amide bonds. The molecular weight excluding hydrogens is 280 g/mol. The molecule has 0 spiro atoms. The molecule has 0 aromatic rings. The summed E-state index contributed by atoms with van der Waals surface area (Å²) in [6.07, 6.45) is 17.5. The molecule has 126 valence electrons. The summed E-state index contributed by atoms with van der Waals surface area (Å²) in [7, 11) is 0. The second-order valence-corrected chi connectivity index (χ2v) is 7.91. The van der Waals surface area contributed by atoms with Gasteiger partial charge in [0.2, 0.25) is 0 Å². The maximum Gasteiger partial charge on any atom is 0.0787 e. The van der Waals surface area contributed by atoms with Crippen molar-refractivity contribution >= 4 is 0 Å². The number of hydrogen-bond acceptors (Lipinski definition) is 1. The molecule has 0 heterocycles. The Hall–Kier alpha value is -1.08. The van der Waals surface area contributed by atoms with Gasteiger partial charge in [-0.15, -0.1) is 0 Å².